The third-order valence-electron chi connectivity index (χ3n) is 2.85. The van der Waals surface area contributed by atoms with E-state index in [4.69, 9.17) is 21.1 Å². The Hall–Kier alpha value is -2.20. The fourth-order valence-corrected chi connectivity index (χ4v) is 1.82. The lowest BCUT2D eigenvalue weighted by atomic mass is 10.2. The van der Waals surface area contributed by atoms with E-state index in [9.17, 15) is 4.79 Å². The van der Waals surface area contributed by atoms with Crippen LogP contribution in [0.4, 0.5) is 5.69 Å². The van der Waals surface area contributed by atoms with Crippen molar-refractivity contribution in [1.29, 1.82) is 0 Å². The molecule has 4 nitrogen and oxygen atoms in total. The van der Waals surface area contributed by atoms with E-state index in [0.29, 0.717) is 16.5 Å². The second kappa shape index (κ2) is 6.99. The molecule has 1 amide bonds. The number of anilines is 1. The molecule has 0 aliphatic heterocycles. The number of methoxy groups -OCH3 is 1. The van der Waals surface area contributed by atoms with Gasteiger partial charge in [0.2, 0.25) is 0 Å². The molecule has 0 saturated carbocycles. The van der Waals surface area contributed by atoms with E-state index in [2.05, 4.69) is 5.32 Å². The van der Waals surface area contributed by atoms with Crippen LogP contribution in [0.15, 0.2) is 48.5 Å². The molecule has 0 spiro atoms. The van der Waals surface area contributed by atoms with Crippen molar-refractivity contribution in [2.75, 3.05) is 12.4 Å². The summed E-state index contributed by atoms with van der Waals surface area (Å²) in [6, 6.07) is 14.0. The van der Waals surface area contributed by atoms with Gasteiger partial charge in [0.15, 0.2) is 6.10 Å². The first-order valence-electron chi connectivity index (χ1n) is 6.45. The van der Waals surface area contributed by atoms with Gasteiger partial charge < -0.3 is 14.8 Å². The minimum Gasteiger partial charge on any atom is -0.497 e. The van der Waals surface area contributed by atoms with E-state index in [1.54, 1.807) is 62.6 Å². The first-order valence-corrected chi connectivity index (χ1v) is 6.83. The summed E-state index contributed by atoms with van der Waals surface area (Å²) in [5.41, 5.74) is 0.687. The molecule has 2 rings (SSSR count). The maximum Gasteiger partial charge on any atom is 0.265 e. The lowest BCUT2D eigenvalue weighted by Gasteiger charge is -2.15. The molecule has 5 heteroatoms. The van der Waals surface area contributed by atoms with Gasteiger partial charge in [0.25, 0.3) is 5.91 Å². The number of nitrogens with one attached hydrogen (secondary N) is 1. The molecule has 21 heavy (non-hydrogen) atoms. The van der Waals surface area contributed by atoms with E-state index in [0.717, 1.165) is 5.75 Å². The average molecular weight is 306 g/mol. The summed E-state index contributed by atoms with van der Waals surface area (Å²) in [5.74, 6) is 1.10. The first kappa shape index (κ1) is 15.2. The minimum atomic E-state index is -0.617. The minimum absolute atomic E-state index is 0.227. The maximum atomic E-state index is 12.0. The summed E-state index contributed by atoms with van der Waals surface area (Å²) in [6.07, 6.45) is -0.617. The van der Waals surface area contributed by atoms with Crippen molar-refractivity contribution in [3.63, 3.8) is 0 Å². The zero-order chi connectivity index (χ0) is 15.2. The second-order valence-electron chi connectivity index (χ2n) is 4.43. The van der Waals surface area contributed by atoms with Gasteiger partial charge >= 0.3 is 0 Å². The highest BCUT2D eigenvalue weighted by molar-refractivity contribution is 6.30. The third-order valence-corrected chi connectivity index (χ3v) is 3.11. The molecule has 0 aliphatic carbocycles. The normalized spacial score (nSPS) is 11.6. The van der Waals surface area contributed by atoms with Crippen molar-refractivity contribution in [3.05, 3.63) is 53.6 Å². The smallest absolute Gasteiger partial charge is 0.265 e. The number of carbonyl (C=O) groups excluding carboxylic acids is 1. The van der Waals surface area contributed by atoms with Crippen LogP contribution in [0.25, 0.3) is 0 Å². The average Bonchev–Trinajstić information content (AvgIpc) is 2.50. The molecule has 0 radical (unpaired) electrons. The van der Waals surface area contributed by atoms with E-state index in [1.165, 1.54) is 0 Å². The molecule has 0 saturated heterocycles. The number of rotatable bonds is 5. The van der Waals surface area contributed by atoms with Crippen LogP contribution in [0, 0.1) is 0 Å². The van der Waals surface area contributed by atoms with E-state index >= 15 is 0 Å². The molecule has 0 aliphatic rings. The number of halogens is 1. The maximum absolute atomic E-state index is 12.0. The van der Waals surface area contributed by atoms with Crippen LogP contribution in [0.3, 0.4) is 0 Å². The molecule has 0 bridgehead atoms. The molecule has 1 N–H and O–H groups in total. The summed E-state index contributed by atoms with van der Waals surface area (Å²) in [7, 11) is 1.59. The highest BCUT2D eigenvalue weighted by Gasteiger charge is 2.14. The van der Waals surface area contributed by atoms with Gasteiger partial charge in [-0.1, -0.05) is 11.6 Å². The molecule has 0 heterocycles. The highest BCUT2D eigenvalue weighted by atomic mass is 35.5. The van der Waals surface area contributed by atoms with Crippen molar-refractivity contribution in [2.24, 2.45) is 0 Å². The Bertz CT molecular complexity index is 596. The summed E-state index contributed by atoms with van der Waals surface area (Å²) in [4.78, 5) is 12.0. The quantitative estimate of drug-likeness (QED) is 0.915. The van der Waals surface area contributed by atoms with Gasteiger partial charge in [-0.3, -0.25) is 4.79 Å². The molecular weight excluding hydrogens is 290 g/mol. The summed E-state index contributed by atoms with van der Waals surface area (Å²) >= 11 is 5.80. The van der Waals surface area contributed by atoms with Gasteiger partial charge in [0.1, 0.15) is 11.5 Å². The topological polar surface area (TPSA) is 47.6 Å². The molecule has 0 fully saturated rings. The second-order valence-corrected chi connectivity index (χ2v) is 4.87. The fraction of sp³-hybridized carbons (Fsp3) is 0.188. The van der Waals surface area contributed by atoms with Gasteiger partial charge in [-0.25, -0.2) is 0 Å². The third kappa shape index (κ3) is 4.39. The lowest BCUT2D eigenvalue weighted by molar-refractivity contribution is -0.122. The van der Waals surface area contributed by atoms with Crippen LogP contribution in [0.5, 0.6) is 11.5 Å². The van der Waals surface area contributed by atoms with Crippen molar-refractivity contribution in [3.8, 4) is 11.5 Å². The Morgan fingerprint density at radius 1 is 1.05 bits per heavy atom. The van der Waals surface area contributed by atoms with Crippen molar-refractivity contribution >= 4 is 23.2 Å². The van der Waals surface area contributed by atoms with Crippen LogP contribution in [0.1, 0.15) is 6.92 Å². The van der Waals surface area contributed by atoms with Crippen LogP contribution >= 0.6 is 11.6 Å². The number of carbonyl (C=O) groups is 1. The largest absolute Gasteiger partial charge is 0.497 e. The van der Waals surface area contributed by atoms with Gasteiger partial charge in [0.05, 0.1) is 7.11 Å². The Labute approximate surface area is 128 Å². The summed E-state index contributed by atoms with van der Waals surface area (Å²) < 4.78 is 10.6. The van der Waals surface area contributed by atoms with Crippen LogP contribution in [-0.2, 0) is 4.79 Å². The van der Waals surface area contributed by atoms with Crippen molar-refractivity contribution < 1.29 is 14.3 Å². The number of amides is 1. The zero-order valence-electron chi connectivity index (χ0n) is 11.8. The Morgan fingerprint density at radius 2 is 1.62 bits per heavy atom. The van der Waals surface area contributed by atoms with Crippen molar-refractivity contribution in [1.82, 2.24) is 0 Å². The predicted molar refractivity (Wildman–Crippen MR) is 83.2 cm³/mol. The molecule has 110 valence electrons. The van der Waals surface area contributed by atoms with Gasteiger partial charge in [-0.15, -0.1) is 0 Å². The Morgan fingerprint density at radius 3 is 2.19 bits per heavy atom. The van der Waals surface area contributed by atoms with Crippen LogP contribution < -0.4 is 14.8 Å². The van der Waals surface area contributed by atoms with Gasteiger partial charge in [-0.2, -0.15) is 0 Å². The standard InChI is InChI=1S/C16H16ClNO3/c1-11(21-15-7-3-12(17)4-8-15)16(19)18-13-5-9-14(20-2)10-6-13/h3-11H,1-2H3,(H,18,19). The molecule has 0 aromatic heterocycles. The van der Waals surface area contributed by atoms with Crippen LogP contribution in [0.2, 0.25) is 5.02 Å². The monoisotopic (exact) mass is 305 g/mol. The SMILES string of the molecule is COc1ccc(NC(=O)C(C)Oc2ccc(Cl)cc2)cc1. The predicted octanol–water partition coefficient (Wildman–Crippen LogP) is 3.75. The Kier molecular flexibility index (Phi) is 5.06. The summed E-state index contributed by atoms with van der Waals surface area (Å²) in [6.45, 7) is 1.69. The molecule has 1 unspecified atom stereocenters. The fourth-order valence-electron chi connectivity index (χ4n) is 1.69. The van der Waals surface area contributed by atoms with Gasteiger partial charge in [-0.05, 0) is 55.5 Å². The number of ether oxygens (including phenoxy) is 2. The molecule has 1 atom stereocenters. The number of hydrogen-bond acceptors (Lipinski definition) is 3. The van der Waals surface area contributed by atoms with Crippen molar-refractivity contribution in [2.45, 2.75) is 13.0 Å². The number of hydrogen-bond donors (Lipinski definition) is 1. The van der Waals surface area contributed by atoms with Gasteiger partial charge in [0, 0.05) is 10.7 Å². The molecule has 2 aromatic carbocycles. The Balaban J connectivity index is 1.93. The molecule has 2 aromatic rings. The van der Waals surface area contributed by atoms with Crippen LogP contribution in [-0.4, -0.2) is 19.1 Å². The summed E-state index contributed by atoms with van der Waals surface area (Å²) in [5, 5.41) is 3.40. The lowest BCUT2D eigenvalue weighted by Crippen LogP contribution is -2.30. The number of benzene rings is 2. The van der Waals surface area contributed by atoms with E-state index < -0.39 is 6.10 Å². The first-order chi connectivity index (χ1) is 10.1. The molecular formula is C16H16ClNO3. The zero-order valence-corrected chi connectivity index (χ0v) is 12.6. The van der Waals surface area contributed by atoms with E-state index in [1.807, 2.05) is 0 Å². The highest BCUT2D eigenvalue weighted by Crippen LogP contribution is 2.18. The van der Waals surface area contributed by atoms with E-state index in [-0.39, 0.29) is 5.91 Å².